The number of nitrogens with one attached hydrogen (secondary N) is 2. The van der Waals surface area contributed by atoms with Crippen molar-refractivity contribution in [2.75, 3.05) is 0 Å². The number of benzene rings is 1. The summed E-state index contributed by atoms with van der Waals surface area (Å²) in [4.78, 5) is 26.3. The van der Waals surface area contributed by atoms with E-state index in [1.807, 2.05) is 18.3 Å². The van der Waals surface area contributed by atoms with Crippen molar-refractivity contribution in [1.82, 2.24) is 10.3 Å². The van der Waals surface area contributed by atoms with Crippen LogP contribution in [-0.4, -0.2) is 28.0 Å². The van der Waals surface area contributed by atoms with Crippen LogP contribution in [0, 0.1) is 5.92 Å². The molecule has 22 heavy (non-hydrogen) atoms. The van der Waals surface area contributed by atoms with Crippen molar-refractivity contribution in [1.29, 1.82) is 0 Å². The highest BCUT2D eigenvalue weighted by molar-refractivity contribution is 5.90. The van der Waals surface area contributed by atoms with Crippen LogP contribution in [0.1, 0.15) is 31.9 Å². The molecule has 1 aromatic heterocycles. The van der Waals surface area contributed by atoms with Crippen molar-refractivity contribution in [2.45, 2.75) is 39.7 Å². The molecular weight excluding hydrogens is 280 g/mol. The summed E-state index contributed by atoms with van der Waals surface area (Å²) in [6, 6.07) is 5.66. The zero-order valence-electron chi connectivity index (χ0n) is 13.1. The summed E-state index contributed by atoms with van der Waals surface area (Å²) in [5.41, 5.74) is 3.22. The summed E-state index contributed by atoms with van der Waals surface area (Å²) in [5.74, 6) is -1.69. The number of fused-ring (bicyclic) bond motifs is 1. The summed E-state index contributed by atoms with van der Waals surface area (Å²) in [7, 11) is 0. The number of carboxylic acid groups (broad SMARTS) is 1. The fraction of sp³-hybridized carbons (Fsp3) is 0.412. The zero-order chi connectivity index (χ0) is 16.3. The van der Waals surface area contributed by atoms with E-state index in [4.69, 9.17) is 5.11 Å². The molecule has 0 fully saturated rings. The van der Waals surface area contributed by atoms with E-state index < -0.39 is 17.9 Å². The molecular formula is C17H22N2O3. The van der Waals surface area contributed by atoms with Gasteiger partial charge in [-0.1, -0.05) is 25.1 Å². The maximum atomic E-state index is 12.1. The number of amides is 1. The molecule has 1 heterocycles. The Balaban J connectivity index is 2.11. The Bertz CT molecular complexity index is 690. The second-order valence-corrected chi connectivity index (χ2v) is 5.67. The van der Waals surface area contributed by atoms with Crippen molar-refractivity contribution in [3.05, 3.63) is 35.5 Å². The lowest BCUT2D eigenvalue weighted by Crippen LogP contribution is -2.40. The summed E-state index contributed by atoms with van der Waals surface area (Å²) in [6.07, 6.45) is 3.02. The molecule has 2 aromatic rings. The molecule has 0 saturated carbocycles. The standard InChI is InChI=1S/C17H22N2O3/c1-4-12-6-5-7-14-13(9-18-16(12)14)8-15(20)19-11(3)10(2)17(21)22/h5-7,9-11,18H,4,8H2,1-3H3,(H,19,20)(H,21,22). The van der Waals surface area contributed by atoms with E-state index in [1.165, 1.54) is 5.56 Å². The molecule has 5 heteroatoms. The minimum Gasteiger partial charge on any atom is -0.481 e. The van der Waals surface area contributed by atoms with E-state index >= 15 is 0 Å². The Labute approximate surface area is 129 Å². The number of H-pyrrole nitrogens is 1. The first-order chi connectivity index (χ1) is 10.4. The largest absolute Gasteiger partial charge is 0.481 e. The lowest BCUT2D eigenvalue weighted by Gasteiger charge is -2.17. The van der Waals surface area contributed by atoms with Crippen molar-refractivity contribution < 1.29 is 14.7 Å². The number of aliphatic carboxylic acids is 1. The number of hydrogen-bond donors (Lipinski definition) is 3. The first kappa shape index (κ1) is 16.1. The second-order valence-electron chi connectivity index (χ2n) is 5.67. The molecule has 0 spiro atoms. The van der Waals surface area contributed by atoms with Gasteiger partial charge in [0.15, 0.2) is 0 Å². The number of para-hydroxylation sites is 1. The summed E-state index contributed by atoms with van der Waals surface area (Å²) in [5, 5.41) is 12.8. The molecule has 2 atom stereocenters. The third-order valence-electron chi connectivity index (χ3n) is 4.15. The fourth-order valence-electron chi connectivity index (χ4n) is 2.53. The van der Waals surface area contributed by atoms with Crippen molar-refractivity contribution in [3.8, 4) is 0 Å². The highest BCUT2D eigenvalue weighted by atomic mass is 16.4. The molecule has 5 nitrogen and oxygen atoms in total. The number of carbonyl (C=O) groups excluding carboxylic acids is 1. The van der Waals surface area contributed by atoms with Gasteiger partial charge in [-0.2, -0.15) is 0 Å². The van der Waals surface area contributed by atoms with Gasteiger partial charge in [0.1, 0.15) is 0 Å². The van der Waals surface area contributed by atoms with E-state index in [1.54, 1.807) is 13.8 Å². The van der Waals surface area contributed by atoms with E-state index in [-0.39, 0.29) is 12.3 Å². The number of aromatic amines is 1. The molecule has 1 aromatic carbocycles. The number of aromatic nitrogens is 1. The number of rotatable bonds is 6. The summed E-state index contributed by atoms with van der Waals surface area (Å²) < 4.78 is 0. The molecule has 2 rings (SSSR count). The third-order valence-corrected chi connectivity index (χ3v) is 4.15. The van der Waals surface area contributed by atoms with Crippen molar-refractivity contribution in [2.24, 2.45) is 5.92 Å². The van der Waals surface area contributed by atoms with E-state index in [0.29, 0.717) is 0 Å². The average molecular weight is 302 g/mol. The Kier molecular flexibility index (Phi) is 4.85. The second kappa shape index (κ2) is 6.64. The number of hydrogen-bond acceptors (Lipinski definition) is 2. The molecule has 0 radical (unpaired) electrons. The molecule has 0 aliphatic carbocycles. The first-order valence-corrected chi connectivity index (χ1v) is 7.54. The Morgan fingerprint density at radius 3 is 2.64 bits per heavy atom. The molecule has 118 valence electrons. The lowest BCUT2D eigenvalue weighted by atomic mass is 10.0. The molecule has 3 N–H and O–H groups in total. The molecule has 0 aliphatic heterocycles. The highest BCUT2D eigenvalue weighted by Gasteiger charge is 2.21. The van der Waals surface area contributed by atoms with Gasteiger partial charge < -0.3 is 15.4 Å². The normalized spacial score (nSPS) is 13.8. The first-order valence-electron chi connectivity index (χ1n) is 7.54. The molecule has 0 aliphatic rings. The smallest absolute Gasteiger partial charge is 0.308 e. The van der Waals surface area contributed by atoms with Crippen LogP contribution in [-0.2, 0) is 22.4 Å². The zero-order valence-corrected chi connectivity index (χ0v) is 13.1. The van der Waals surface area contributed by atoms with Crippen LogP contribution >= 0.6 is 0 Å². The maximum Gasteiger partial charge on any atom is 0.308 e. The molecule has 0 bridgehead atoms. The highest BCUT2D eigenvalue weighted by Crippen LogP contribution is 2.22. The average Bonchev–Trinajstić information content (AvgIpc) is 2.89. The van der Waals surface area contributed by atoms with E-state index in [9.17, 15) is 9.59 Å². The van der Waals surface area contributed by atoms with E-state index in [0.717, 1.165) is 22.9 Å². The van der Waals surface area contributed by atoms with Crippen molar-refractivity contribution >= 4 is 22.8 Å². The monoisotopic (exact) mass is 302 g/mol. The third kappa shape index (κ3) is 3.30. The topological polar surface area (TPSA) is 82.2 Å². The number of aryl methyl sites for hydroxylation is 1. The predicted octanol–water partition coefficient (Wildman–Crippen LogP) is 2.50. The van der Waals surface area contributed by atoms with Gasteiger partial charge in [0, 0.05) is 23.1 Å². The molecule has 2 unspecified atom stereocenters. The van der Waals surface area contributed by atoms with Gasteiger partial charge in [-0.25, -0.2) is 0 Å². The van der Waals surface area contributed by atoms with Gasteiger partial charge in [-0.05, 0) is 31.4 Å². The van der Waals surface area contributed by atoms with Gasteiger partial charge in [0.05, 0.1) is 12.3 Å². The number of carbonyl (C=O) groups is 2. The minimum absolute atomic E-state index is 0.164. The van der Waals surface area contributed by atoms with Crippen LogP contribution in [0.3, 0.4) is 0 Å². The van der Waals surface area contributed by atoms with Crippen molar-refractivity contribution in [3.63, 3.8) is 0 Å². The van der Waals surface area contributed by atoms with E-state index in [2.05, 4.69) is 23.3 Å². The summed E-state index contributed by atoms with van der Waals surface area (Å²) in [6.45, 7) is 5.39. The Morgan fingerprint density at radius 2 is 2.00 bits per heavy atom. The van der Waals surface area contributed by atoms with Crippen LogP contribution in [0.5, 0.6) is 0 Å². The van der Waals surface area contributed by atoms with Gasteiger partial charge in [0.2, 0.25) is 5.91 Å². The SMILES string of the molecule is CCc1cccc2c(CC(=O)NC(C)C(C)C(=O)O)c[nH]c12. The Hall–Kier alpha value is -2.30. The fourth-order valence-corrected chi connectivity index (χ4v) is 2.53. The maximum absolute atomic E-state index is 12.1. The van der Waals surface area contributed by atoms with Gasteiger partial charge in [-0.15, -0.1) is 0 Å². The van der Waals surface area contributed by atoms with Crippen LogP contribution in [0.15, 0.2) is 24.4 Å². The van der Waals surface area contributed by atoms with Gasteiger partial charge in [-0.3, -0.25) is 9.59 Å². The number of carboxylic acids is 1. The summed E-state index contributed by atoms with van der Waals surface area (Å²) >= 11 is 0. The predicted molar refractivity (Wildman–Crippen MR) is 85.8 cm³/mol. The van der Waals surface area contributed by atoms with Crippen LogP contribution in [0.4, 0.5) is 0 Å². The van der Waals surface area contributed by atoms with Gasteiger partial charge in [0.25, 0.3) is 0 Å². The van der Waals surface area contributed by atoms with Crippen LogP contribution in [0.2, 0.25) is 0 Å². The quantitative estimate of drug-likeness (QED) is 0.766. The lowest BCUT2D eigenvalue weighted by molar-refractivity contribution is -0.142. The molecule has 0 saturated heterocycles. The van der Waals surface area contributed by atoms with Crippen LogP contribution in [0.25, 0.3) is 10.9 Å². The minimum atomic E-state index is -0.910. The van der Waals surface area contributed by atoms with Crippen LogP contribution < -0.4 is 5.32 Å². The molecule has 1 amide bonds. The van der Waals surface area contributed by atoms with Gasteiger partial charge >= 0.3 is 5.97 Å². The Morgan fingerprint density at radius 1 is 1.27 bits per heavy atom.